The van der Waals surface area contributed by atoms with Crippen molar-refractivity contribution in [3.63, 3.8) is 0 Å². The van der Waals surface area contributed by atoms with Crippen LogP contribution >= 0.6 is 23.2 Å². The van der Waals surface area contributed by atoms with Gasteiger partial charge in [-0.1, -0.05) is 37.0 Å². The Morgan fingerprint density at radius 1 is 1.28 bits per heavy atom. The second-order valence-corrected chi connectivity index (χ2v) is 8.25. The summed E-state index contributed by atoms with van der Waals surface area (Å²) in [4.78, 5) is 29.0. The molecule has 7 heteroatoms. The molecule has 1 aromatic rings. The van der Waals surface area contributed by atoms with Crippen molar-refractivity contribution < 1.29 is 9.59 Å². The average molecular weight is 386 g/mol. The largest absolute Gasteiger partial charge is 0.343 e. The fraction of sp³-hybridized carbons (Fsp3) is 0.556. The number of amides is 2. The molecule has 5 nitrogen and oxygen atoms in total. The maximum absolute atomic E-state index is 12.9. The Kier molecular flexibility index (Phi) is 6.35. The lowest BCUT2D eigenvalue weighted by Gasteiger charge is -2.33. The van der Waals surface area contributed by atoms with Crippen LogP contribution in [0, 0.1) is 5.41 Å². The lowest BCUT2D eigenvalue weighted by Crippen LogP contribution is -2.49. The topological polar surface area (TPSA) is 66.6 Å². The standard InChI is InChI=1S/C18H25Cl2N3O2/c1-18(2,10-21)11-22(3)17(25)15-5-4-6-23(15)16(24)12-7-13(19)9-14(20)8-12/h7-9,15H,4-6,10-11,21H2,1-3H3. The Labute approximate surface area is 159 Å². The molecule has 2 rings (SSSR count). The Hall–Kier alpha value is -1.30. The van der Waals surface area contributed by atoms with Crippen molar-refractivity contribution in [2.75, 3.05) is 26.7 Å². The summed E-state index contributed by atoms with van der Waals surface area (Å²) in [6.07, 6.45) is 1.46. The Balaban J connectivity index is 2.16. The van der Waals surface area contributed by atoms with Crippen molar-refractivity contribution >= 4 is 35.0 Å². The van der Waals surface area contributed by atoms with E-state index in [9.17, 15) is 9.59 Å². The summed E-state index contributed by atoms with van der Waals surface area (Å²) in [5.41, 5.74) is 6.00. The first kappa shape index (κ1) is 20.0. The van der Waals surface area contributed by atoms with Crippen LogP contribution in [0.3, 0.4) is 0 Å². The molecule has 1 aliphatic rings. The Morgan fingerprint density at radius 2 is 1.88 bits per heavy atom. The van der Waals surface area contributed by atoms with Gasteiger partial charge in [0.1, 0.15) is 6.04 Å². The molecule has 0 radical (unpaired) electrons. The molecule has 0 saturated carbocycles. The van der Waals surface area contributed by atoms with Crippen molar-refractivity contribution in [2.45, 2.75) is 32.7 Å². The van der Waals surface area contributed by atoms with E-state index in [0.29, 0.717) is 41.7 Å². The van der Waals surface area contributed by atoms with E-state index in [1.54, 1.807) is 35.0 Å². The maximum atomic E-state index is 12.9. The zero-order valence-electron chi connectivity index (χ0n) is 14.9. The van der Waals surface area contributed by atoms with Crippen LogP contribution in [0.2, 0.25) is 10.0 Å². The van der Waals surface area contributed by atoms with Gasteiger partial charge in [0.15, 0.2) is 0 Å². The minimum absolute atomic E-state index is 0.0551. The molecule has 1 fully saturated rings. The zero-order valence-corrected chi connectivity index (χ0v) is 16.4. The first-order valence-corrected chi connectivity index (χ1v) is 9.12. The van der Waals surface area contributed by atoms with E-state index in [2.05, 4.69) is 0 Å². The number of carbonyl (C=O) groups is 2. The maximum Gasteiger partial charge on any atom is 0.254 e. The zero-order chi connectivity index (χ0) is 18.8. The van der Waals surface area contributed by atoms with Gasteiger partial charge in [0.05, 0.1) is 0 Å². The summed E-state index contributed by atoms with van der Waals surface area (Å²) >= 11 is 12.0. The van der Waals surface area contributed by atoms with Crippen LogP contribution < -0.4 is 5.73 Å². The number of carbonyl (C=O) groups excluding carboxylic acids is 2. The molecule has 2 N–H and O–H groups in total. The number of likely N-dealkylation sites (N-methyl/N-ethyl adjacent to an activating group) is 1. The van der Waals surface area contributed by atoms with E-state index in [4.69, 9.17) is 28.9 Å². The normalized spacial score (nSPS) is 17.7. The highest BCUT2D eigenvalue weighted by atomic mass is 35.5. The van der Waals surface area contributed by atoms with Crippen LogP contribution in [-0.4, -0.2) is 54.3 Å². The quantitative estimate of drug-likeness (QED) is 0.846. The lowest BCUT2D eigenvalue weighted by molar-refractivity contribution is -0.135. The van der Waals surface area contributed by atoms with Crippen LogP contribution in [0.1, 0.15) is 37.0 Å². The molecule has 25 heavy (non-hydrogen) atoms. The SMILES string of the molecule is CN(CC(C)(C)CN)C(=O)C1CCCN1C(=O)c1cc(Cl)cc(Cl)c1. The number of nitrogens with zero attached hydrogens (tertiary/aromatic N) is 2. The predicted molar refractivity (Wildman–Crippen MR) is 101 cm³/mol. The first-order valence-electron chi connectivity index (χ1n) is 8.37. The van der Waals surface area contributed by atoms with Crippen LogP contribution in [-0.2, 0) is 4.79 Å². The monoisotopic (exact) mass is 385 g/mol. The molecular weight excluding hydrogens is 361 g/mol. The summed E-state index contributed by atoms with van der Waals surface area (Å²) in [5, 5.41) is 0.805. The average Bonchev–Trinajstić information content (AvgIpc) is 3.01. The minimum atomic E-state index is -0.455. The molecule has 1 unspecified atom stereocenters. The number of rotatable bonds is 5. The molecule has 1 heterocycles. The molecule has 0 spiro atoms. The van der Waals surface area contributed by atoms with Gasteiger partial charge < -0.3 is 15.5 Å². The molecule has 138 valence electrons. The lowest BCUT2D eigenvalue weighted by atomic mass is 9.93. The van der Waals surface area contributed by atoms with Gasteiger partial charge in [-0.15, -0.1) is 0 Å². The van der Waals surface area contributed by atoms with E-state index in [0.717, 1.165) is 6.42 Å². The summed E-state index contributed by atoms with van der Waals surface area (Å²) in [7, 11) is 1.76. The van der Waals surface area contributed by atoms with Gasteiger partial charge in [0.25, 0.3) is 5.91 Å². The highest BCUT2D eigenvalue weighted by Gasteiger charge is 2.37. The number of nitrogens with two attached hydrogens (primary N) is 1. The van der Waals surface area contributed by atoms with E-state index in [1.807, 2.05) is 13.8 Å². The first-order chi connectivity index (χ1) is 11.6. The van der Waals surface area contributed by atoms with Crippen LogP contribution in [0.5, 0.6) is 0 Å². The van der Waals surface area contributed by atoms with Gasteiger partial charge in [-0.05, 0) is 43.0 Å². The second kappa shape index (κ2) is 7.94. The molecule has 1 atom stereocenters. The molecule has 1 saturated heterocycles. The Morgan fingerprint density at radius 3 is 2.44 bits per heavy atom. The molecule has 2 amide bonds. The molecule has 0 aliphatic carbocycles. The van der Waals surface area contributed by atoms with Crippen molar-refractivity contribution in [1.29, 1.82) is 0 Å². The van der Waals surface area contributed by atoms with E-state index in [1.165, 1.54) is 0 Å². The van der Waals surface area contributed by atoms with Gasteiger partial charge in [0, 0.05) is 35.7 Å². The number of halogens is 2. The molecular formula is C18H25Cl2N3O2. The number of benzene rings is 1. The third kappa shape index (κ3) is 4.87. The third-order valence-corrected chi connectivity index (χ3v) is 4.94. The van der Waals surface area contributed by atoms with Gasteiger partial charge in [-0.25, -0.2) is 0 Å². The Bertz CT molecular complexity index is 643. The van der Waals surface area contributed by atoms with Crippen molar-refractivity contribution in [3.8, 4) is 0 Å². The number of hydrogen-bond acceptors (Lipinski definition) is 3. The smallest absolute Gasteiger partial charge is 0.254 e. The second-order valence-electron chi connectivity index (χ2n) is 7.38. The van der Waals surface area contributed by atoms with Crippen LogP contribution in [0.25, 0.3) is 0 Å². The summed E-state index contributed by atoms with van der Waals surface area (Å²) in [6.45, 7) is 5.61. The number of likely N-dealkylation sites (tertiary alicyclic amines) is 1. The molecule has 0 bridgehead atoms. The van der Waals surface area contributed by atoms with Gasteiger partial charge in [-0.2, -0.15) is 0 Å². The molecule has 1 aromatic carbocycles. The number of hydrogen-bond donors (Lipinski definition) is 1. The fourth-order valence-electron chi connectivity index (χ4n) is 3.15. The van der Waals surface area contributed by atoms with E-state index < -0.39 is 6.04 Å². The fourth-order valence-corrected chi connectivity index (χ4v) is 3.67. The molecule has 1 aliphatic heterocycles. The minimum Gasteiger partial charge on any atom is -0.343 e. The summed E-state index contributed by atoms with van der Waals surface area (Å²) in [6, 6.07) is 4.28. The van der Waals surface area contributed by atoms with Gasteiger partial charge >= 0.3 is 0 Å². The van der Waals surface area contributed by atoms with Crippen molar-refractivity contribution in [2.24, 2.45) is 11.1 Å². The summed E-state index contributed by atoms with van der Waals surface area (Å²) < 4.78 is 0. The van der Waals surface area contributed by atoms with E-state index >= 15 is 0 Å². The van der Waals surface area contributed by atoms with Gasteiger partial charge in [-0.3, -0.25) is 9.59 Å². The summed E-state index contributed by atoms with van der Waals surface area (Å²) in [5.74, 6) is -0.271. The van der Waals surface area contributed by atoms with Crippen molar-refractivity contribution in [3.05, 3.63) is 33.8 Å². The van der Waals surface area contributed by atoms with Crippen LogP contribution in [0.4, 0.5) is 0 Å². The molecule has 0 aromatic heterocycles. The highest BCUT2D eigenvalue weighted by Crippen LogP contribution is 2.26. The van der Waals surface area contributed by atoms with Crippen molar-refractivity contribution in [1.82, 2.24) is 9.80 Å². The van der Waals surface area contributed by atoms with E-state index in [-0.39, 0.29) is 17.2 Å². The predicted octanol–water partition coefficient (Wildman–Crippen LogP) is 3.04. The third-order valence-electron chi connectivity index (χ3n) is 4.50. The highest BCUT2D eigenvalue weighted by molar-refractivity contribution is 6.35. The van der Waals surface area contributed by atoms with Gasteiger partial charge in [0.2, 0.25) is 5.91 Å². The van der Waals surface area contributed by atoms with Crippen LogP contribution in [0.15, 0.2) is 18.2 Å².